The first-order chi connectivity index (χ1) is 21.4. The number of aryl methyl sites for hydroxylation is 1. The van der Waals surface area contributed by atoms with Gasteiger partial charge in [-0.15, -0.1) is 0 Å². The molecule has 0 aromatic heterocycles. The van der Waals surface area contributed by atoms with Crippen molar-refractivity contribution in [2.75, 3.05) is 29.1 Å². The summed E-state index contributed by atoms with van der Waals surface area (Å²) in [7, 11) is 2.00. The first kappa shape index (κ1) is 29.4. The van der Waals surface area contributed by atoms with Crippen molar-refractivity contribution in [3.63, 3.8) is 0 Å². The molecule has 1 amide bonds. The highest BCUT2D eigenvalue weighted by Crippen LogP contribution is 2.51. The van der Waals surface area contributed by atoms with Gasteiger partial charge in [0.1, 0.15) is 4.91 Å². The molecule has 2 aliphatic rings. The first-order valence-corrected chi connectivity index (χ1v) is 16.1. The van der Waals surface area contributed by atoms with Gasteiger partial charge in [-0.3, -0.25) is 9.69 Å². The normalized spacial score (nSPS) is 16.8. The Kier molecular flexibility index (Phi) is 8.64. The van der Waals surface area contributed by atoms with E-state index in [4.69, 9.17) is 4.99 Å². The smallest absolute Gasteiger partial charge is 0.269 e. The van der Waals surface area contributed by atoms with Crippen LogP contribution in [0.15, 0.2) is 111 Å². The topological polar surface area (TPSA) is 83.8 Å². The van der Waals surface area contributed by atoms with E-state index in [0.29, 0.717) is 34.4 Å². The Bertz CT molecular complexity index is 1810. The molecular weight excluding hydrogens is 585 g/mol. The Morgan fingerprint density at radius 1 is 0.909 bits per heavy atom. The summed E-state index contributed by atoms with van der Waals surface area (Å²) in [5, 5.41) is 17.9. The number of rotatable bonds is 8. The summed E-state index contributed by atoms with van der Waals surface area (Å²) in [5.41, 5.74) is 7.53. The van der Waals surface area contributed by atoms with E-state index in [1.807, 2.05) is 50.4 Å². The fraction of sp³-hybridized carbons (Fsp3) is 0.171. The van der Waals surface area contributed by atoms with Crippen LogP contribution in [0, 0.1) is 18.3 Å². The van der Waals surface area contributed by atoms with Crippen molar-refractivity contribution in [1.29, 1.82) is 5.26 Å². The number of amides is 1. The van der Waals surface area contributed by atoms with Gasteiger partial charge in [0.05, 0.1) is 40.3 Å². The summed E-state index contributed by atoms with van der Waals surface area (Å²) < 4.78 is 0. The predicted molar refractivity (Wildman–Crippen MR) is 183 cm³/mol. The number of nitriles is 1. The van der Waals surface area contributed by atoms with Crippen molar-refractivity contribution in [2.45, 2.75) is 31.8 Å². The first-order valence-electron chi connectivity index (χ1n) is 14.4. The molecule has 0 spiro atoms. The molecule has 4 aromatic rings. The number of carbonyl (C=O) groups excluding carboxylic acids is 1. The average molecular weight is 617 g/mol. The third-order valence-corrected chi connectivity index (χ3v) is 9.82. The van der Waals surface area contributed by atoms with Gasteiger partial charge in [0.25, 0.3) is 5.91 Å². The SMILES string of the molecule is CCNc1ccc(C#N)cc1N=C1SC(=C2Sc3cc(NCc4ccc(C)cc4)ccc3N2C)C(=O)N1Cc1ccccc1. The number of amidine groups is 1. The van der Waals surface area contributed by atoms with E-state index in [2.05, 4.69) is 71.0 Å². The lowest BCUT2D eigenvalue weighted by molar-refractivity contribution is -0.122. The standard InChI is InChI=1S/C35H32N6OS2/c1-4-37-28-16-14-26(20-36)18-29(28)39-35-41(22-25-8-6-5-7-9-25)33(42)32(44-35)34-40(3)30-17-15-27(19-31(30)43-34)38-21-24-12-10-23(2)11-13-24/h5-19,37-38H,4,21-22H2,1-3H3. The summed E-state index contributed by atoms with van der Waals surface area (Å²) in [6.45, 7) is 5.94. The number of nitrogens with zero attached hydrogens (tertiary/aromatic N) is 4. The molecule has 0 unspecified atom stereocenters. The molecule has 6 rings (SSSR count). The number of hydrogen-bond acceptors (Lipinski definition) is 8. The molecular formula is C35H32N6OS2. The highest BCUT2D eigenvalue weighted by molar-refractivity contribution is 8.19. The van der Waals surface area contributed by atoms with Crippen LogP contribution in [0.3, 0.4) is 0 Å². The highest BCUT2D eigenvalue weighted by atomic mass is 32.2. The van der Waals surface area contributed by atoms with Crippen molar-refractivity contribution < 1.29 is 4.79 Å². The van der Waals surface area contributed by atoms with Crippen LogP contribution in [0.5, 0.6) is 0 Å². The van der Waals surface area contributed by atoms with E-state index >= 15 is 0 Å². The number of fused-ring (bicyclic) bond motifs is 1. The summed E-state index contributed by atoms with van der Waals surface area (Å²) in [5.74, 6) is -0.0843. The quantitative estimate of drug-likeness (QED) is 0.194. The molecule has 1 saturated heterocycles. The molecule has 0 radical (unpaired) electrons. The number of carbonyl (C=O) groups is 1. The summed E-state index contributed by atoms with van der Waals surface area (Å²) >= 11 is 2.99. The molecule has 2 N–H and O–H groups in total. The third kappa shape index (κ3) is 6.18. The fourth-order valence-electron chi connectivity index (χ4n) is 5.03. The van der Waals surface area contributed by atoms with Gasteiger partial charge >= 0.3 is 0 Å². The maximum atomic E-state index is 14.1. The van der Waals surface area contributed by atoms with Crippen molar-refractivity contribution in [3.8, 4) is 6.07 Å². The van der Waals surface area contributed by atoms with Crippen LogP contribution in [0.1, 0.15) is 29.2 Å². The van der Waals surface area contributed by atoms with Crippen LogP contribution in [0.2, 0.25) is 0 Å². The van der Waals surface area contributed by atoms with Crippen LogP contribution in [0.4, 0.5) is 22.7 Å². The summed E-state index contributed by atoms with van der Waals surface area (Å²) in [4.78, 5) is 24.7. The van der Waals surface area contributed by atoms with E-state index in [1.165, 1.54) is 22.9 Å². The van der Waals surface area contributed by atoms with E-state index in [9.17, 15) is 10.1 Å². The largest absolute Gasteiger partial charge is 0.384 e. The lowest BCUT2D eigenvalue weighted by Crippen LogP contribution is -2.29. The van der Waals surface area contributed by atoms with Crippen LogP contribution in [-0.4, -0.2) is 29.6 Å². The van der Waals surface area contributed by atoms with E-state index < -0.39 is 0 Å². The molecule has 7 nitrogen and oxygen atoms in total. The molecule has 0 aliphatic carbocycles. The molecule has 1 fully saturated rings. The minimum Gasteiger partial charge on any atom is -0.384 e. The Morgan fingerprint density at radius 3 is 2.45 bits per heavy atom. The zero-order valence-electron chi connectivity index (χ0n) is 24.8. The molecule has 0 bridgehead atoms. The highest BCUT2D eigenvalue weighted by Gasteiger charge is 2.39. The van der Waals surface area contributed by atoms with Crippen LogP contribution < -0.4 is 15.5 Å². The summed E-state index contributed by atoms with van der Waals surface area (Å²) in [6, 6.07) is 32.4. The van der Waals surface area contributed by atoms with Gasteiger partial charge in [-0.25, -0.2) is 4.99 Å². The maximum Gasteiger partial charge on any atom is 0.269 e. The van der Waals surface area contributed by atoms with Crippen molar-refractivity contribution in [2.24, 2.45) is 4.99 Å². The van der Waals surface area contributed by atoms with Gasteiger partial charge in [0.15, 0.2) is 5.17 Å². The van der Waals surface area contributed by atoms with Crippen molar-refractivity contribution in [3.05, 3.63) is 123 Å². The number of nitrogens with one attached hydrogen (secondary N) is 2. The Labute approximate surface area is 266 Å². The molecule has 2 aliphatic heterocycles. The third-order valence-electron chi connectivity index (χ3n) is 7.40. The minimum atomic E-state index is -0.0843. The average Bonchev–Trinajstić information content (AvgIpc) is 3.53. The molecule has 0 atom stereocenters. The van der Waals surface area contributed by atoms with Gasteiger partial charge < -0.3 is 15.5 Å². The second-order valence-corrected chi connectivity index (χ2v) is 12.6. The zero-order chi connectivity index (χ0) is 30.6. The zero-order valence-corrected chi connectivity index (χ0v) is 26.4. The van der Waals surface area contributed by atoms with E-state index in [0.717, 1.165) is 39.1 Å². The van der Waals surface area contributed by atoms with E-state index in [-0.39, 0.29) is 5.91 Å². The number of benzene rings is 4. The summed E-state index contributed by atoms with van der Waals surface area (Å²) in [6.07, 6.45) is 0. The van der Waals surface area contributed by atoms with Crippen LogP contribution >= 0.6 is 23.5 Å². The molecule has 44 heavy (non-hydrogen) atoms. The monoisotopic (exact) mass is 616 g/mol. The van der Waals surface area contributed by atoms with Crippen molar-refractivity contribution >= 4 is 57.3 Å². The minimum absolute atomic E-state index is 0.0843. The van der Waals surface area contributed by atoms with E-state index in [1.54, 1.807) is 28.8 Å². The lowest BCUT2D eigenvalue weighted by atomic mass is 10.1. The fourth-order valence-corrected chi connectivity index (χ4v) is 7.41. The molecule has 9 heteroatoms. The number of thioether (sulfide) groups is 2. The molecule has 0 saturated carbocycles. The van der Waals surface area contributed by atoms with Gasteiger partial charge in [0, 0.05) is 30.7 Å². The van der Waals surface area contributed by atoms with Gasteiger partial charge in [-0.05, 0) is 73.1 Å². The van der Waals surface area contributed by atoms with Gasteiger partial charge in [-0.2, -0.15) is 5.26 Å². The second kappa shape index (κ2) is 12.9. The second-order valence-electron chi connectivity index (χ2n) is 10.6. The Hall–Kier alpha value is -4.65. The molecule has 4 aromatic carbocycles. The molecule has 2 heterocycles. The van der Waals surface area contributed by atoms with Gasteiger partial charge in [0.2, 0.25) is 0 Å². The number of hydrogen-bond donors (Lipinski definition) is 2. The maximum absolute atomic E-state index is 14.1. The predicted octanol–water partition coefficient (Wildman–Crippen LogP) is 8.08. The van der Waals surface area contributed by atoms with Crippen molar-refractivity contribution in [1.82, 2.24) is 4.90 Å². The lowest BCUT2D eigenvalue weighted by Gasteiger charge is -2.17. The Balaban J connectivity index is 1.32. The Morgan fingerprint density at radius 2 is 1.70 bits per heavy atom. The number of anilines is 3. The van der Waals surface area contributed by atoms with Crippen LogP contribution in [0.25, 0.3) is 0 Å². The van der Waals surface area contributed by atoms with Gasteiger partial charge in [-0.1, -0.05) is 71.9 Å². The van der Waals surface area contributed by atoms with Crippen LogP contribution in [-0.2, 0) is 17.9 Å². The molecule has 220 valence electrons. The number of aliphatic imine (C=N–C) groups is 1.